The van der Waals surface area contributed by atoms with Crippen LogP contribution in [-0.4, -0.2) is 30.5 Å². The normalized spacial score (nSPS) is 22.4. The minimum absolute atomic E-state index is 0.0435. The third-order valence-electron chi connectivity index (χ3n) is 2.65. The Bertz CT molecular complexity index is 236. The number of nitrogens with zero attached hydrogens (tertiary/aromatic N) is 1. The Hall–Kier alpha value is -0.830. The molecule has 0 spiro atoms. The third kappa shape index (κ3) is 4.04. The Morgan fingerprint density at radius 2 is 2.33 bits per heavy atom. The molecule has 3 nitrogen and oxygen atoms in total. The van der Waals surface area contributed by atoms with Crippen molar-refractivity contribution in [3.63, 3.8) is 0 Å². The standard InChI is InChI=1S/C12H21NO2/c1-4-7-13-8-5-6-11(9-13)12(14)15-10(2)3/h11H,2,4-9H2,1,3H3. The molecule has 0 N–H and O–H groups in total. The van der Waals surface area contributed by atoms with Crippen molar-refractivity contribution in [1.82, 2.24) is 4.90 Å². The van der Waals surface area contributed by atoms with E-state index in [1.165, 1.54) is 0 Å². The predicted molar refractivity (Wildman–Crippen MR) is 60.4 cm³/mol. The van der Waals surface area contributed by atoms with Crippen molar-refractivity contribution in [2.75, 3.05) is 19.6 Å². The van der Waals surface area contributed by atoms with Gasteiger partial charge in [0.25, 0.3) is 0 Å². The Kier molecular flexibility index (Phi) is 4.82. The highest BCUT2D eigenvalue weighted by atomic mass is 16.5. The first kappa shape index (κ1) is 12.2. The van der Waals surface area contributed by atoms with Gasteiger partial charge in [-0.25, -0.2) is 0 Å². The molecule has 1 atom stereocenters. The number of allylic oxidation sites excluding steroid dienone is 1. The van der Waals surface area contributed by atoms with E-state index in [0.29, 0.717) is 5.76 Å². The van der Waals surface area contributed by atoms with Crippen molar-refractivity contribution in [1.29, 1.82) is 0 Å². The van der Waals surface area contributed by atoms with E-state index in [9.17, 15) is 4.79 Å². The van der Waals surface area contributed by atoms with Gasteiger partial charge in [0.05, 0.1) is 11.7 Å². The molecule has 0 aromatic heterocycles. The Morgan fingerprint density at radius 1 is 1.60 bits per heavy atom. The Labute approximate surface area is 92.1 Å². The molecule has 0 aromatic carbocycles. The van der Waals surface area contributed by atoms with Crippen LogP contribution in [0.3, 0.4) is 0 Å². The smallest absolute Gasteiger partial charge is 0.315 e. The van der Waals surface area contributed by atoms with Crippen LogP contribution in [0.25, 0.3) is 0 Å². The topological polar surface area (TPSA) is 29.5 Å². The summed E-state index contributed by atoms with van der Waals surface area (Å²) in [6.45, 7) is 10.5. The lowest BCUT2D eigenvalue weighted by Crippen LogP contribution is -2.39. The molecule has 0 bridgehead atoms. The lowest BCUT2D eigenvalue weighted by Gasteiger charge is -2.31. The summed E-state index contributed by atoms with van der Waals surface area (Å²) in [7, 11) is 0. The molecule has 1 fully saturated rings. The molecule has 1 heterocycles. The van der Waals surface area contributed by atoms with Crippen molar-refractivity contribution in [3.8, 4) is 0 Å². The quantitative estimate of drug-likeness (QED) is 0.527. The summed E-state index contributed by atoms with van der Waals surface area (Å²) in [5, 5.41) is 0. The van der Waals surface area contributed by atoms with Crippen molar-refractivity contribution >= 4 is 5.97 Å². The fourth-order valence-electron chi connectivity index (χ4n) is 2.02. The van der Waals surface area contributed by atoms with E-state index < -0.39 is 0 Å². The van der Waals surface area contributed by atoms with Gasteiger partial charge in [-0.15, -0.1) is 0 Å². The number of rotatable bonds is 4. The minimum atomic E-state index is -0.108. The number of carbonyl (C=O) groups excluding carboxylic acids is 1. The summed E-state index contributed by atoms with van der Waals surface area (Å²) in [5.41, 5.74) is 0. The van der Waals surface area contributed by atoms with Crippen molar-refractivity contribution < 1.29 is 9.53 Å². The van der Waals surface area contributed by atoms with E-state index in [1.807, 2.05) is 0 Å². The van der Waals surface area contributed by atoms with Crippen LogP contribution in [0.2, 0.25) is 0 Å². The van der Waals surface area contributed by atoms with Crippen LogP contribution in [-0.2, 0) is 9.53 Å². The van der Waals surface area contributed by atoms with Gasteiger partial charge in [0.1, 0.15) is 0 Å². The molecule has 1 aliphatic heterocycles. The molecule has 3 heteroatoms. The van der Waals surface area contributed by atoms with E-state index >= 15 is 0 Å². The maximum Gasteiger partial charge on any atom is 0.315 e. The number of likely N-dealkylation sites (tertiary alicyclic amines) is 1. The zero-order valence-corrected chi connectivity index (χ0v) is 9.79. The summed E-state index contributed by atoms with van der Waals surface area (Å²) in [6, 6.07) is 0. The van der Waals surface area contributed by atoms with Gasteiger partial charge in [-0.1, -0.05) is 13.5 Å². The van der Waals surface area contributed by atoms with Crippen LogP contribution >= 0.6 is 0 Å². The number of carbonyl (C=O) groups is 1. The molecule has 1 rings (SSSR count). The first-order chi connectivity index (χ1) is 7.13. The molecule has 86 valence electrons. The second kappa shape index (κ2) is 5.91. The van der Waals surface area contributed by atoms with Gasteiger partial charge in [0.15, 0.2) is 0 Å². The fourth-order valence-corrected chi connectivity index (χ4v) is 2.02. The predicted octanol–water partition coefficient (Wildman–Crippen LogP) is 2.19. The number of hydrogen-bond acceptors (Lipinski definition) is 3. The maximum absolute atomic E-state index is 11.6. The highest BCUT2D eigenvalue weighted by Gasteiger charge is 2.26. The molecule has 0 aromatic rings. The molecular weight excluding hydrogens is 190 g/mol. The molecule has 0 saturated carbocycles. The van der Waals surface area contributed by atoms with E-state index in [2.05, 4.69) is 18.4 Å². The number of ether oxygens (including phenoxy) is 1. The number of hydrogen-bond donors (Lipinski definition) is 0. The summed E-state index contributed by atoms with van der Waals surface area (Å²) >= 11 is 0. The van der Waals surface area contributed by atoms with Crippen molar-refractivity contribution in [3.05, 3.63) is 12.3 Å². The molecule has 1 unspecified atom stereocenters. The van der Waals surface area contributed by atoms with E-state index in [0.717, 1.165) is 38.9 Å². The first-order valence-corrected chi connectivity index (χ1v) is 5.73. The monoisotopic (exact) mass is 211 g/mol. The maximum atomic E-state index is 11.6. The SMILES string of the molecule is C=C(C)OC(=O)C1CCCN(CCC)C1. The van der Waals surface area contributed by atoms with Gasteiger partial charge < -0.3 is 9.64 Å². The van der Waals surface area contributed by atoms with Crippen LogP contribution < -0.4 is 0 Å². The second-order valence-electron chi connectivity index (χ2n) is 4.26. The van der Waals surface area contributed by atoms with Crippen molar-refractivity contribution in [2.45, 2.75) is 33.1 Å². The molecule has 15 heavy (non-hydrogen) atoms. The van der Waals surface area contributed by atoms with E-state index in [1.54, 1.807) is 6.92 Å². The molecule has 0 aliphatic carbocycles. The van der Waals surface area contributed by atoms with Gasteiger partial charge in [-0.2, -0.15) is 0 Å². The zero-order valence-electron chi connectivity index (χ0n) is 9.79. The summed E-state index contributed by atoms with van der Waals surface area (Å²) < 4.78 is 5.06. The average Bonchev–Trinajstić information content (AvgIpc) is 2.17. The van der Waals surface area contributed by atoms with Gasteiger partial charge in [-0.05, 0) is 39.3 Å². The number of esters is 1. The van der Waals surface area contributed by atoms with E-state index in [-0.39, 0.29) is 11.9 Å². The van der Waals surface area contributed by atoms with Gasteiger partial charge in [0.2, 0.25) is 0 Å². The fraction of sp³-hybridized carbons (Fsp3) is 0.750. The summed E-state index contributed by atoms with van der Waals surface area (Å²) in [5.74, 6) is 0.429. The molecule has 1 aliphatic rings. The lowest BCUT2D eigenvalue weighted by atomic mass is 9.98. The number of piperidine rings is 1. The van der Waals surface area contributed by atoms with Gasteiger partial charge >= 0.3 is 5.97 Å². The minimum Gasteiger partial charge on any atom is -0.432 e. The van der Waals surface area contributed by atoms with Crippen LogP contribution in [0.1, 0.15) is 33.1 Å². The van der Waals surface area contributed by atoms with Crippen LogP contribution in [0.4, 0.5) is 0 Å². The molecule has 1 saturated heterocycles. The molecule has 0 radical (unpaired) electrons. The molecular formula is C12H21NO2. The van der Waals surface area contributed by atoms with Gasteiger partial charge in [-0.3, -0.25) is 4.79 Å². The second-order valence-corrected chi connectivity index (χ2v) is 4.26. The summed E-state index contributed by atoms with van der Waals surface area (Å²) in [6.07, 6.45) is 3.19. The van der Waals surface area contributed by atoms with Crippen LogP contribution in [0.15, 0.2) is 12.3 Å². The van der Waals surface area contributed by atoms with Gasteiger partial charge in [0, 0.05) is 6.54 Å². The van der Waals surface area contributed by atoms with Crippen LogP contribution in [0.5, 0.6) is 0 Å². The zero-order chi connectivity index (χ0) is 11.3. The highest BCUT2D eigenvalue weighted by Crippen LogP contribution is 2.18. The van der Waals surface area contributed by atoms with E-state index in [4.69, 9.17) is 4.74 Å². The van der Waals surface area contributed by atoms with Crippen molar-refractivity contribution in [2.24, 2.45) is 5.92 Å². The van der Waals surface area contributed by atoms with Crippen LogP contribution in [0, 0.1) is 5.92 Å². The first-order valence-electron chi connectivity index (χ1n) is 5.73. The third-order valence-corrected chi connectivity index (χ3v) is 2.65. The highest BCUT2D eigenvalue weighted by molar-refractivity contribution is 5.73. The largest absolute Gasteiger partial charge is 0.432 e. The summed E-state index contributed by atoms with van der Waals surface area (Å²) in [4.78, 5) is 14.0. The lowest BCUT2D eigenvalue weighted by molar-refractivity contribution is -0.146. The Balaban J connectivity index is 2.41. The molecule has 0 amide bonds. The Morgan fingerprint density at radius 3 is 2.93 bits per heavy atom. The average molecular weight is 211 g/mol.